The highest BCUT2D eigenvalue weighted by Crippen LogP contribution is 2.31. The largest absolute Gasteiger partial charge is 0.382 e. The molecule has 1 aromatic rings. The Kier molecular flexibility index (Phi) is 4.35. The molecule has 1 heterocycles. The van der Waals surface area contributed by atoms with E-state index in [2.05, 4.69) is 0 Å². The maximum absolute atomic E-state index is 13.2. The van der Waals surface area contributed by atoms with Crippen molar-refractivity contribution in [3.63, 3.8) is 0 Å². The zero-order valence-corrected chi connectivity index (χ0v) is 11.4. The number of nitrogens with two attached hydrogens (primary N) is 1. The molecule has 0 aliphatic carbocycles. The van der Waals surface area contributed by atoms with Crippen LogP contribution < -0.4 is 5.73 Å². The number of methoxy groups -OCH3 is 1. The lowest BCUT2D eigenvalue weighted by molar-refractivity contribution is -0.132. The van der Waals surface area contributed by atoms with E-state index in [-0.39, 0.29) is 6.61 Å². The van der Waals surface area contributed by atoms with Crippen LogP contribution in [-0.2, 0) is 16.1 Å². The van der Waals surface area contributed by atoms with Gasteiger partial charge in [0.1, 0.15) is 5.54 Å². The van der Waals surface area contributed by atoms with E-state index in [1.807, 2.05) is 4.90 Å². The number of rotatable bonds is 5. The lowest BCUT2D eigenvalue weighted by Crippen LogP contribution is -2.56. The van der Waals surface area contributed by atoms with Crippen LogP contribution in [0, 0.1) is 11.6 Å². The summed E-state index contributed by atoms with van der Waals surface area (Å²) in [4.78, 5) is 13.7. The molecule has 1 aliphatic rings. The van der Waals surface area contributed by atoms with E-state index in [0.29, 0.717) is 25.1 Å². The summed E-state index contributed by atoms with van der Waals surface area (Å²) < 4.78 is 31.3. The molecule has 0 aromatic heterocycles. The third-order valence-corrected chi connectivity index (χ3v) is 3.82. The first-order valence-electron chi connectivity index (χ1n) is 6.47. The van der Waals surface area contributed by atoms with Crippen molar-refractivity contribution >= 4 is 5.91 Å². The fraction of sp³-hybridized carbons (Fsp3) is 0.500. The zero-order valence-electron chi connectivity index (χ0n) is 11.4. The molecule has 0 saturated carbocycles. The van der Waals surface area contributed by atoms with Crippen LogP contribution >= 0.6 is 0 Å². The average molecular weight is 284 g/mol. The summed E-state index contributed by atoms with van der Waals surface area (Å²) in [5.41, 5.74) is 5.26. The van der Waals surface area contributed by atoms with Crippen molar-refractivity contribution in [3.05, 3.63) is 35.4 Å². The lowest BCUT2D eigenvalue weighted by atomic mass is 9.96. The molecular weight excluding hydrogens is 266 g/mol. The second-order valence-electron chi connectivity index (χ2n) is 5.10. The van der Waals surface area contributed by atoms with Gasteiger partial charge in [-0.1, -0.05) is 6.07 Å². The fourth-order valence-electron chi connectivity index (χ4n) is 2.78. The molecule has 1 amide bonds. The van der Waals surface area contributed by atoms with E-state index < -0.39 is 23.1 Å². The topological polar surface area (TPSA) is 55.6 Å². The van der Waals surface area contributed by atoms with Gasteiger partial charge in [0.05, 0.1) is 6.61 Å². The van der Waals surface area contributed by atoms with Crippen molar-refractivity contribution in [2.24, 2.45) is 5.73 Å². The number of amides is 1. The molecule has 1 fully saturated rings. The molecule has 2 rings (SSSR count). The molecule has 1 saturated heterocycles. The van der Waals surface area contributed by atoms with Gasteiger partial charge in [0.15, 0.2) is 11.6 Å². The van der Waals surface area contributed by atoms with Crippen LogP contribution in [0.25, 0.3) is 0 Å². The van der Waals surface area contributed by atoms with Gasteiger partial charge in [0.25, 0.3) is 0 Å². The molecular formula is C14H18F2N2O2. The number of carbonyl (C=O) groups excluding carboxylic acids is 1. The van der Waals surface area contributed by atoms with Crippen molar-refractivity contribution in [2.45, 2.75) is 24.9 Å². The quantitative estimate of drug-likeness (QED) is 0.890. The molecule has 1 aliphatic heterocycles. The molecule has 0 radical (unpaired) electrons. The van der Waals surface area contributed by atoms with Crippen LogP contribution in [-0.4, -0.2) is 36.6 Å². The first-order valence-corrected chi connectivity index (χ1v) is 6.47. The van der Waals surface area contributed by atoms with E-state index in [4.69, 9.17) is 10.5 Å². The Balaban J connectivity index is 2.22. The Morgan fingerprint density at radius 3 is 2.80 bits per heavy atom. The van der Waals surface area contributed by atoms with Crippen molar-refractivity contribution in [1.29, 1.82) is 0 Å². The Hall–Kier alpha value is -1.53. The van der Waals surface area contributed by atoms with Crippen LogP contribution in [0.2, 0.25) is 0 Å². The number of primary amides is 1. The molecule has 1 atom stereocenters. The van der Waals surface area contributed by atoms with Gasteiger partial charge in [-0.15, -0.1) is 0 Å². The molecule has 4 nitrogen and oxygen atoms in total. The summed E-state index contributed by atoms with van der Waals surface area (Å²) in [5, 5.41) is 0. The Labute approximate surface area is 116 Å². The standard InChI is InChI=1S/C14H18F2N2O2/c1-20-9-14(13(17)19)5-2-6-18(14)8-10-3-4-11(15)12(16)7-10/h3-4,7H,2,5-6,8-9H2,1H3,(H2,17,19). The number of ether oxygens (including phenoxy) is 1. The smallest absolute Gasteiger partial charge is 0.240 e. The predicted molar refractivity (Wildman–Crippen MR) is 69.8 cm³/mol. The lowest BCUT2D eigenvalue weighted by Gasteiger charge is -2.35. The van der Waals surface area contributed by atoms with E-state index in [9.17, 15) is 13.6 Å². The minimum atomic E-state index is -0.891. The predicted octanol–water partition coefficient (Wildman–Crippen LogP) is 1.43. The molecule has 0 bridgehead atoms. The van der Waals surface area contributed by atoms with Crippen molar-refractivity contribution in [3.8, 4) is 0 Å². The highest BCUT2D eigenvalue weighted by Gasteiger charge is 2.46. The summed E-state index contributed by atoms with van der Waals surface area (Å²) in [6, 6.07) is 3.74. The highest BCUT2D eigenvalue weighted by molar-refractivity contribution is 5.85. The van der Waals surface area contributed by atoms with Crippen molar-refractivity contribution < 1.29 is 18.3 Å². The van der Waals surface area contributed by atoms with Gasteiger partial charge in [-0.2, -0.15) is 0 Å². The normalized spacial score (nSPS) is 23.1. The SMILES string of the molecule is COCC1(C(N)=O)CCCN1Cc1ccc(F)c(F)c1. The molecule has 1 unspecified atom stereocenters. The number of hydrogen-bond donors (Lipinski definition) is 1. The molecule has 110 valence electrons. The molecule has 1 aromatic carbocycles. The minimum absolute atomic E-state index is 0.200. The van der Waals surface area contributed by atoms with Gasteiger partial charge in [0, 0.05) is 13.7 Å². The third kappa shape index (κ3) is 2.66. The first-order chi connectivity index (χ1) is 9.49. The second kappa shape index (κ2) is 5.85. The Morgan fingerprint density at radius 2 is 2.20 bits per heavy atom. The fourth-order valence-corrected chi connectivity index (χ4v) is 2.78. The van der Waals surface area contributed by atoms with Crippen LogP contribution in [0.1, 0.15) is 18.4 Å². The minimum Gasteiger partial charge on any atom is -0.382 e. The van der Waals surface area contributed by atoms with Crippen LogP contribution in [0.5, 0.6) is 0 Å². The van der Waals surface area contributed by atoms with Crippen molar-refractivity contribution in [2.75, 3.05) is 20.3 Å². The number of benzene rings is 1. The number of nitrogens with zero attached hydrogens (tertiary/aromatic N) is 1. The summed E-state index contributed by atoms with van der Waals surface area (Å²) in [6.07, 6.45) is 1.43. The molecule has 6 heteroatoms. The average Bonchev–Trinajstić information content (AvgIpc) is 2.79. The second-order valence-corrected chi connectivity index (χ2v) is 5.10. The van der Waals surface area contributed by atoms with E-state index in [0.717, 1.165) is 18.6 Å². The van der Waals surface area contributed by atoms with Crippen LogP contribution in [0.15, 0.2) is 18.2 Å². The van der Waals surface area contributed by atoms with Crippen LogP contribution in [0.4, 0.5) is 8.78 Å². The summed E-state index contributed by atoms with van der Waals surface area (Å²) >= 11 is 0. The van der Waals surface area contributed by atoms with E-state index in [1.165, 1.54) is 13.2 Å². The Bertz CT molecular complexity index is 510. The highest BCUT2D eigenvalue weighted by atomic mass is 19.2. The monoisotopic (exact) mass is 284 g/mol. The van der Waals surface area contributed by atoms with E-state index >= 15 is 0 Å². The summed E-state index contributed by atoms with van der Waals surface area (Å²) in [7, 11) is 1.51. The molecule has 0 spiro atoms. The van der Waals surface area contributed by atoms with E-state index in [1.54, 1.807) is 0 Å². The van der Waals surface area contributed by atoms with Crippen LogP contribution in [0.3, 0.4) is 0 Å². The van der Waals surface area contributed by atoms with Gasteiger partial charge < -0.3 is 10.5 Å². The summed E-state index contributed by atoms with van der Waals surface area (Å²) in [5.74, 6) is -2.22. The summed E-state index contributed by atoms with van der Waals surface area (Å²) in [6.45, 7) is 1.21. The first kappa shape index (κ1) is 14.9. The third-order valence-electron chi connectivity index (χ3n) is 3.82. The van der Waals surface area contributed by atoms with Gasteiger partial charge in [-0.05, 0) is 37.1 Å². The van der Waals surface area contributed by atoms with Gasteiger partial charge in [0.2, 0.25) is 5.91 Å². The van der Waals surface area contributed by atoms with Crippen molar-refractivity contribution in [1.82, 2.24) is 4.90 Å². The number of halogens is 2. The maximum Gasteiger partial charge on any atom is 0.240 e. The zero-order chi connectivity index (χ0) is 14.8. The van der Waals surface area contributed by atoms with Gasteiger partial charge in [-0.25, -0.2) is 8.78 Å². The van der Waals surface area contributed by atoms with Gasteiger partial charge in [-0.3, -0.25) is 9.69 Å². The number of carbonyl (C=O) groups is 1. The number of hydrogen-bond acceptors (Lipinski definition) is 3. The van der Waals surface area contributed by atoms with Gasteiger partial charge >= 0.3 is 0 Å². The molecule has 2 N–H and O–H groups in total. The maximum atomic E-state index is 13.2. The molecule has 20 heavy (non-hydrogen) atoms. The Morgan fingerprint density at radius 1 is 1.45 bits per heavy atom. The number of likely N-dealkylation sites (tertiary alicyclic amines) is 1.